The second kappa shape index (κ2) is 8.86. The molecule has 0 spiro atoms. The minimum atomic E-state index is -3.49. The summed E-state index contributed by atoms with van der Waals surface area (Å²) in [4.78, 5) is 14.5. The Morgan fingerprint density at radius 2 is 1.46 bits per heavy atom. The van der Waals surface area contributed by atoms with E-state index in [0.717, 1.165) is 51.6 Å². The third-order valence-corrected chi connectivity index (χ3v) is 6.77. The zero-order chi connectivity index (χ0) is 18.4. The van der Waals surface area contributed by atoms with Gasteiger partial charge in [-0.2, -0.15) is 0 Å². The van der Waals surface area contributed by atoms with Crippen molar-refractivity contribution in [1.29, 1.82) is 0 Å². The van der Waals surface area contributed by atoms with Gasteiger partial charge < -0.3 is 10.2 Å². The Bertz CT molecular complexity index is 689. The van der Waals surface area contributed by atoms with Crippen molar-refractivity contribution in [2.24, 2.45) is 0 Å². The van der Waals surface area contributed by atoms with Crippen LogP contribution in [0.25, 0.3) is 0 Å². The Hall–Kier alpha value is -1.60. The number of anilines is 1. The number of urea groups is 1. The van der Waals surface area contributed by atoms with Gasteiger partial charge in [0.2, 0.25) is 10.0 Å². The number of rotatable bonds is 4. The zero-order valence-electron chi connectivity index (χ0n) is 15.2. The minimum absolute atomic E-state index is 0.0477. The van der Waals surface area contributed by atoms with E-state index in [1.807, 2.05) is 4.90 Å². The normalized spacial score (nSPS) is 19.8. The quantitative estimate of drug-likeness (QED) is 0.837. The lowest BCUT2D eigenvalue weighted by Gasteiger charge is -2.25. The number of nitrogens with zero attached hydrogens (tertiary/aromatic N) is 1. The number of hydrogen-bond acceptors (Lipinski definition) is 3. The highest BCUT2D eigenvalue weighted by Gasteiger charge is 2.23. The number of likely N-dealkylation sites (tertiary alicyclic amines) is 1. The minimum Gasteiger partial charge on any atom is -0.325 e. The number of carbonyl (C=O) groups excluding carboxylic acids is 1. The largest absolute Gasteiger partial charge is 0.325 e. The molecule has 0 aromatic heterocycles. The summed E-state index contributed by atoms with van der Waals surface area (Å²) in [7, 11) is -3.49. The van der Waals surface area contributed by atoms with Crippen molar-refractivity contribution in [2.75, 3.05) is 18.4 Å². The van der Waals surface area contributed by atoms with E-state index in [1.54, 1.807) is 24.3 Å². The molecular formula is C19H29N3O3S. The number of sulfonamides is 1. The monoisotopic (exact) mass is 379 g/mol. The first-order valence-corrected chi connectivity index (χ1v) is 11.2. The Morgan fingerprint density at radius 3 is 2.08 bits per heavy atom. The molecule has 0 atom stereocenters. The summed E-state index contributed by atoms with van der Waals surface area (Å²) in [6.45, 7) is 1.56. The summed E-state index contributed by atoms with van der Waals surface area (Å²) in [6.07, 6.45) is 9.64. The highest BCUT2D eigenvalue weighted by Crippen LogP contribution is 2.21. The van der Waals surface area contributed by atoms with Crippen LogP contribution in [0, 0.1) is 0 Å². The summed E-state index contributed by atoms with van der Waals surface area (Å²) >= 11 is 0. The number of nitrogens with one attached hydrogen (secondary N) is 2. The molecule has 1 saturated carbocycles. The van der Waals surface area contributed by atoms with E-state index in [0.29, 0.717) is 5.69 Å². The molecule has 144 valence electrons. The second-order valence-electron chi connectivity index (χ2n) is 7.31. The van der Waals surface area contributed by atoms with Gasteiger partial charge in [0.15, 0.2) is 0 Å². The summed E-state index contributed by atoms with van der Waals surface area (Å²) in [5, 5.41) is 2.88. The van der Waals surface area contributed by atoms with Crippen molar-refractivity contribution in [2.45, 2.75) is 68.7 Å². The molecule has 26 heavy (non-hydrogen) atoms. The van der Waals surface area contributed by atoms with Crippen LogP contribution in [0.15, 0.2) is 29.2 Å². The lowest BCUT2D eigenvalue weighted by molar-refractivity contribution is 0.206. The molecule has 6 nitrogen and oxygen atoms in total. The molecule has 1 heterocycles. The van der Waals surface area contributed by atoms with Crippen molar-refractivity contribution in [1.82, 2.24) is 9.62 Å². The van der Waals surface area contributed by atoms with E-state index in [9.17, 15) is 13.2 Å². The Kier molecular flexibility index (Phi) is 6.53. The Balaban J connectivity index is 1.58. The molecule has 1 aromatic rings. The molecule has 2 amide bonds. The average Bonchev–Trinajstić information content (AvgIpc) is 3.07. The number of amides is 2. The molecule has 2 fully saturated rings. The van der Waals surface area contributed by atoms with Crippen LogP contribution in [0.2, 0.25) is 0 Å². The molecular weight excluding hydrogens is 350 g/mol. The van der Waals surface area contributed by atoms with Crippen LogP contribution in [0.3, 0.4) is 0 Å². The highest BCUT2D eigenvalue weighted by atomic mass is 32.2. The molecule has 7 heteroatoms. The third-order valence-electron chi connectivity index (χ3n) is 5.24. The van der Waals surface area contributed by atoms with Crippen molar-refractivity contribution in [3.8, 4) is 0 Å². The predicted octanol–water partition coefficient (Wildman–Crippen LogP) is 3.71. The van der Waals surface area contributed by atoms with Crippen molar-refractivity contribution < 1.29 is 13.2 Å². The smallest absolute Gasteiger partial charge is 0.321 e. The maximum atomic E-state index is 12.4. The fourth-order valence-corrected chi connectivity index (χ4v) is 5.01. The molecule has 1 aromatic carbocycles. The van der Waals surface area contributed by atoms with E-state index < -0.39 is 10.0 Å². The summed E-state index contributed by atoms with van der Waals surface area (Å²) in [5.41, 5.74) is 0.622. The van der Waals surface area contributed by atoms with Crippen LogP contribution in [0.4, 0.5) is 10.5 Å². The van der Waals surface area contributed by atoms with E-state index in [2.05, 4.69) is 10.0 Å². The van der Waals surface area contributed by atoms with Gasteiger partial charge in [0.25, 0.3) is 0 Å². The van der Waals surface area contributed by atoms with Gasteiger partial charge in [0.05, 0.1) is 4.90 Å². The van der Waals surface area contributed by atoms with Gasteiger partial charge in [-0.05, 0) is 49.9 Å². The van der Waals surface area contributed by atoms with Gasteiger partial charge in [-0.1, -0.05) is 32.1 Å². The summed E-state index contributed by atoms with van der Waals surface area (Å²) in [5.74, 6) is 0. The van der Waals surface area contributed by atoms with Gasteiger partial charge >= 0.3 is 6.03 Å². The SMILES string of the molecule is O=C(Nc1ccc(S(=O)(=O)NC2CCCC2)cc1)N1CCCCCCC1. The summed E-state index contributed by atoms with van der Waals surface area (Å²) in [6, 6.07) is 6.37. The first-order chi connectivity index (χ1) is 12.5. The topological polar surface area (TPSA) is 78.5 Å². The van der Waals surface area contributed by atoms with E-state index in [4.69, 9.17) is 0 Å². The molecule has 2 aliphatic rings. The Morgan fingerprint density at radius 1 is 0.885 bits per heavy atom. The maximum absolute atomic E-state index is 12.4. The average molecular weight is 380 g/mol. The van der Waals surface area contributed by atoms with Crippen molar-refractivity contribution in [3.05, 3.63) is 24.3 Å². The van der Waals surface area contributed by atoms with E-state index >= 15 is 0 Å². The molecule has 0 unspecified atom stereocenters. The summed E-state index contributed by atoms with van der Waals surface area (Å²) < 4.78 is 27.6. The second-order valence-corrected chi connectivity index (χ2v) is 9.03. The van der Waals surface area contributed by atoms with Gasteiger partial charge in [-0.25, -0.2) is 17.9 Å². The maximum Gasteiger partial charge on any atom is 0.321 e. The predicted molar refractivity (Wildman–Crippen MR) is 103 cm³/mol. The van der Waals surface area contributed by atoms with Crippen LogP contribution in [-0.2, 0) is 10.0 Å². The van der Waals surface area contributed by atoms with E-state index in [-0.39, 0.29) is 17.0 Å². The number of carbonyl (C=O) groups is 1. The van der Waals surface area contributed by atoms with Gasteiger partial charge in [-0.15, -0.1) is 0 Å². The fraction of sp³-hybridized carbons (Fsp3) is 0.632. The lowest BCUT2D eigenvalue weighted by Crippen LogP contribution is -2.37. The lowest BCUT2D eigenvalue weighted by atomic mass is 10.1. The van der Waals surface area contributed by atoms with Crippen LogP contribution >= 0.6 is 0 Å². The van der Waals surface area contributed by atoms with Gasteiger partial charge in [-0.3, -0.25) is 0 Å². The molecule has 1 saturated heterocycles. The van der Waals surface area contributed by atoms with Crippen LogP contribution in [-0.4, -0.2) is 38.5 Å². The van der Waals surface area contributed by atoms with Crippen LogP contribution < -0.4 is 10.0 Å². The molecule has 0 radical (unpaired) electrons. The highest BCUT2D eigenvalue weighted by molar-refractivity contribution is 7.89. The fourth-order valence-electron chi connectivity index (χ4n) is 3.70. The van der Waals surface area contributed by atoms with Crippen LogP contribution in [0.1, 0.15) is 57.8 Å². The molecule has 3 rings (SSSR count). The Labute approximate surface area is 156 Å². The molecule has 0 bridgehead atoms. The zero-order valence-corrected chi connectivity index (χ0v) is 16.1. The van der Waals surface area contributed by atoms with Crippen molar-refractivity contribution in [3.63, 3.8) is 0 Å². The van der Waals surface area contributed by atoms with Gasteiger partial charge in [0, 0.05) is 24.8 Å². The van der Waals surface area contributed by atoms with Crippen molar-refractivity contribution >= 4 is 21.7 Å². The molecule has 2 N–H and O–H groups in total. The first-order valence-electron chi connectivity index (χ1n) is 9.73. The molecule has 1 aliphatic carbocycles. The van der Waals surface area contributed by atoms with E-state index in [1.165, 1.54) is 19.3 Å². The standard InChI is InChI=1S/C19H29N3O3S/c23-19(22-14-6-2-1-3-7-15-22)20-16-10-12-18(13-11-16)26(24,25)21-17-8-4-5-9-17/h10-13,17,21H,1-9,14-15H2,(H,20,23). The molecule has 1 aliphatic heterocycles. The first kappa shape index (κ1) is 19.2. The number of hydrogen-bond donors (Lipinski definition) is 2. The van der Waals surface area contributed by atoms with Crippen LogP contribution in [0.5, 0.6) is 0 Å². The number of benzene rings is 1. The third kappa shape index (κ3) is 5.20. The van der Waals surface area contributed by atoms with Gasteiger partial charge in [0.1, 0.15) is 0 Å².